The number of anilines is 1. The standard InChI is InChI=1S/C13H17FN2O3/c1-19-10-4-5-11(14)12(7-10)15-13(18)16-6-2-3-9(17)8-16/h4-5,7,9,17H,2-3,6,8H2,1H3,(H,15,18). The number of likely N-dealkylation sites (tertiary alicyclic amines) is 1. The highest BCUT2D eigenvalue weighted by atomic mass is 19.1. The van der Waals surface area contributed by atoms with Crippen molar-refractivity contribution in [3.8, 4) is 5.75 Å². The fourth-order valence-electron chi connectivity index (χ4n) is 2.06. The molecule has 2 N–H and O–H groups in total. The fourth-order valence-corrected chi connectivity index (χ4v) is 2.06. The smallest absolute Gasteiger partial charge is 0.322 e. The van der Waals surface area contributed by atoms with E-state index in [9.17, 15) is 14.3 Å². The molecule has 0 bridgehead atoms. The number of amides is 2. The highest BCUT2D eigenvalue weighted by Gasteiger charge is 2.22. The van der Waals surface area contributed by atoms with Crippen LogP contribution in [0.4, 0.5) is 14.9 Å². The molecule has 6 heteroatoms. The number of halogens is 1. The topological polar surface area (TPSA) is 61.8 Å². The molecule has 1 aliphatic rings. The zero-order valence-corrected chi connectivity index (χ0v) is 10.7. The van der Waals surface area contributed by atoms with Crippen molar-refractivity contribution in [2.24, 2.45) is 0 Å². The van der Waals surface area contributed by atoms with E-state index < -0.39 is 18.0 Å². The van der Waals surface area contributed by atoms with Crippen LogP contribution >= 0.6 is 0 Å². The van der Waals surface area contributed by atoms with E-state index in [0.29, 0.717) is 18.7 Å². The van der Waals surface area contributed by atoms with Crippen molar-refractivity contribution in [2.75, 3.05) is 25.5 Å². The Bertz CT molecular complexity index is 467. The van der Waals surface area contributed by atoms with Gasteiger partial charge in [0.1, 0.15) is 11.6 Å². The minimum Gasteiger partial charge on any atom is -0.497 e. The van der Waals surface area contributed by atoms with Crippen LogP contribution in [0.1, 0.15) is 12.8 Å². The summed E-state index contributed by atoms with van der Waals surface area (Å²) < 4.78 is 18.6. The van der Waals surface area contributed by atoms with Crippen molar-refractivity contribution < 1.29 is 19.0 Å². The number of benzene rings is 1. The third-order valence-electron chi connectivity index (χ3n) is 3.10. The lowest BCUT2D eigenvalue weighted by molar-refractivity contribution is 0.0883. The lowest BCUT2D eigenvalue weighted by atomic mass is 10.1. The number of hydrogen-bond donors (Lipinski definition) is 2. The lowest BCUT2D eigenvalue weighted by Crippen LogP contribution is -2.44. The number of aliphatic hydroxyl groups excluding tert-OH is 1. The van der Waals surface area contributed by atoms with Gasteiger partial charge in [0.15, 0.2) is 0 Å². The molecule has 1 aromatic carbocycles. The molecule has 1 atom stereocenters. The number of carbonyl (C=O) groups is 1. The Kier molecular flexibility index (Phi) is 4.21. The van der Waals surface area contributed by atoms with Gasteiger partial charge in [-0.1, -0.05) is 0 Å². The minimum absolute atomic E-state index is 0.0735. The molecule has 1 aromatic rings. The average Bonchev–Trinajstić information content (AvgIpc) is 2.41. The number of urea groups is 1. The Morgan fingerprint density at radius 3 is 3.05 bits per heavy atom. The Hall–Kier alpha value is -1.82. The van der Waals surface area contributed by atoms with Gasteiger partial charge in [-0.2, -0.15) is 0 Å². The molecule has 0 aliphatic carbocycles. The summed E-state index contributed by atoms with van der Waals surface area (Å²) in [5, 5.41) is 12.0. The summed E-state index contributed by atoms with van der Waals surface area (Å²) in [4.78, 5) is 13.4. The van der Waals surface area contributed by atoms with Crippen LogP contribution in [0.3, 0.4) is 0 Å². The van der Waals surface area contributed by atoms with Crippen LogP contribution in [0.25, 0.3) is 0 Å². The van der Waals surface area contributed by atoms with Crippen molar-refractivity contribution >= 4 is 11.7 Å². The summed E-state index contributed by atoms with van der Waals surface area (Å²) in [6.45, 7) is 0.839. The van der Waals surface area contributed by atoms with Gasteiger partial charge in [-0.15, -0.1) is 0 Å². The maximum absolute atomic E-state index is 13.6. The molecule has 1 saturated heterocycles. The fraction of sp³-hybridized carbons (Fsp3) is 0.462. The highest BCUT2D eigenvalue weighted by Crippen LogP contribution is 2.22. The molecular weight excluding hydrogens is 251 g/mol. The molecule has 0 aromatic heterocycles. The molecule has 1 unspecified atom stereocenters. The first-order valence-electron chi connectivity index (χ1n) is 6.17. The first kappa shape index (κ1) is 13.6. The quantitative estimate of drug-likeness (QED) is 0.860. The Labute approximate surface area is 111 Å². The number of carbonyl (C=O) groups excluding carboxylic acids is 1. The van der Waals surface area contributed by atoms with Gasteiger partial charge >= 0.3 is 6.03 Å². The van der Waals surface area contributed by atoms with Crippen molar-refractivity contribution in [2.45, 2.75) is 18.9 Å². The van der Waals surface area contributed by atoms with Gasteiger partial charge in [-0.3, -0.25) is 0 Å². The van der Waals surface area contributed by atoms with Crippen LogP contribution in [-0.4, -0.2) is 42.3 Å². The summed E-state index contributed by atoms with van der Waals surface area (Å²) in [7, 11) is 1.47. The first-order chi connectivity index (χ1) is 9.10. The van der Waals surface area contributed by atoms with Gasteiger partial charge in [-0.25, -0.2) is 9.18 Å². The second-order valence-electron chi connectivity index (χ2n) is 4.52. The number of methoxy groups -OCH3 is 1. The number of nitrogens with zero attached hydrogens (tertiary/aromatic N) is 1. The molecule has 104 valence electrons. The van der Waals surface area contributed by atoms with E-state index in [2.05, 4.69) is 5.32 Å². The van der Waals surface area contributed by atoms with E-state index in [1.165, 1.54) is 30.2 Å². The number of aliphatic hydroxyl groups is 1. The lowest BCUT2D eigenvalue weighted by Gasteiger charge is -2.30. The largest absolute Gasteiger partial charge is 0.497 e. The molecule has 1 fully saturated rings. The summed E-state index contributed by atoms with van der Waals surface area (Å²) in [6.07, 6.45) is 0.932. The third-order valence-corrected chi connectivity index (χ3v) is 3.10. The van der Waals surface area contributed by atoms with Crippen LogP contribution in [0, 0.1) is 5.82 Å². The van der Waals surface area contributed by atoms with E-state index >= 15 is 0 Å². The van der Waals surface area contributed by atoms with E-state index in [1.807, 2.05) is 0 Å². The summed E-state index contributed by atoms with van der Waals surface area (Å²) in [6, 6.07) is 3.73. The Balaban J connectivity index is 2.05. The zero-order chi connectivity index (χ0) is 13.8. The second-order valence-corrected chi connectivity index (χ2v) is 4.52. The van der Waals surface area contributed by atoms with Gasteiger partial charge in [-0.05, 0) is 25.0 Å². The molecule has 2 amide bonds. The predicted molar refractivity (Wildman–Crippen MR) is 68.8 cm³/mol. The zero-order valence-electron chi connectivity index (χ0n) is 10.7. The van der Waals surface area contributed by atoms with Gasteiger partial charge in [0.05, 0.1) is 18.9 Å². The number of rotatable bonds is 2. The number of hydrogen-bond acceptors (Lipinski definition) is 3. The third kappa shape index (κ3) is 3.35. The van der Waals surface area contributed by atoms with Crippen LogP contribution < -0.4 is 10.1 Å². The van der Waals surface area contributed by atoms with Gasteiger partial charge in [0.25, 0.3) is 0 Å². The maximum Gasteiger partial charge on any atom is 0.322 e. The van der Waals surface area contributed by atoms with Crippen LogP contribution in [0.2, 0.25) is 0 Å². The Morgan fingerprint density at radius 2 is 2.37 bits per heavy atom. The first-order valence-corrected chi connectivity index (χ1v) is 6.17. The number of nitrogens with one attached hydrogen (secondary N) is 1. The van der Waals surface area contributed by atoms with Crippen LogP contribution in [0.15, 0.2) is 18.2 Å². The molecule has 1 heterocycles. The van der Waals surface area contributed by atoms with Crippen LogP contribution in [0.5, 0.6) is 5.75 Å². The second kappa shape index (κ2) is 5.88. The number of piperidine rings is 1. The van der Waals surface area contributed by atoms with Crippen molar-refractivity contribution in [1.29, 1.82) is 0 Å². The molecule has 0 radical (unpaired) electrons. The molecule has 2 rings (SSSR count). The number of β-amino-alcohol motifs (C(OH)–C–C–N with tert-alkyl or cyclic N) is 1. The molecule has 0 spiro atoms. The molecular formula is C13H17FN2O3. The maximum atomic E-state index is 13.6. The molecule has 1 aliphatic heterocycles. The SMILES string of the molecule is COc1ccc(F)c(NC(=O)N2CCCC(O)C2)c1. The van der Waals surface area contributed by atoms with E-state index in [0.717, 1.165) is 6.42 Å². The van der Waals surface area contributed by atoms with E-state index in [1.54, 1.807) is 0 Å². The monoisotopic (exact) mass is 268 g/mol. The molecule has 19 heavy (non-hydrogen) atoms. The molecule has 5 nitrogen and oxygen atoms in total. The average molecular weight is 268 g/mol. The van der Waals surface area contributed by atoms with Gasteiger partial charge in [0, 0.05) is 19.2 Å². The normalized spacial score (nSPS) is 19.1. The Morgan fingerprint density at radius 1 is 1.58 bits per heavy atom. The summed E-state index contributed by atoms with van der Waals surface area (Å²) >= 11 is 0. The minimum atomic E-state index is -0.522. The summed E-state index contributed by atoms with van der Waals surface area (Å²) in [5.41, 5.74) is 0.0735. The number of ether oxygens (including phenoxy) is 1. The highest BCUT2D eigenvalue weighted by molar-refractivity contribution is 5.89. The predicted octanol–water partition coefficient (Wildman–Crippen LogP) is 1.82. The van der Waals surface area contributed by atoms with Crippen molar-refractivity contribution in [3.05, 3.63) is 24.0 Å². The molecule has 0 saturated carbocycles. The van der Waals surface area contributed by atoms with Crippen LogP contribution in [-0.2, 0) is 0 Å². The van der Waals surface area contributed by atoms with Gasteiger partial charge < -0.3 is 20.1 Å². The van der Waals surface area contributed by atoms with Crippen molar-refractivity contribution in [3.63, 3.8) is 0 Å². The van der Waals surface area contributed by atoms with Crippen molar-refractivity contribution in [1.82, 2.24) is 4.90 Å². The van der Waals surface area contributed by atoms with Gasteiger partial charge in [0.2, 0.25) is 0 Å². The summed E-state index contributed by atoms with van der Waals surface area (Å²) in [5.74, 6) is -0.0536. The van der Waals surface area contributed by atoms with E-state index in [4.69, 9.17) is 4.74 Å². The van der Waals surface area contributed by atoms with E-state index in [-0.39, 0.29) is 12.2 Å².